The molecule has 0 aromatic heterocycles. The fourth-order valence-electron chi connectivity index (χ4n) is 1.59. The Morgan fingerprint density at radius 3 is 2.40 bits per heavy atom. The van der Waals surface area contributed by atoms with Gasteiger partial charge in [-0.15, -0.1) is 0 Å². The first-order valence-corrected chi connectivity index (χ1v) is 5.95. The number of imide groups is 1. The van der Waals surface area contributed by atoms with E-state index < -0.39 is 35.7 Å². The van der Waals surface area contributed by atoms with Crippen molar-refractivity contribution >= 4 is 12.0 Å². The van der Waals surface area contributed by atoms with Crippen molar-refractivity contribution in [2.45, 2.75) is 25.9 Å². The van der Waals surface area contributed by atoms with Crippen LogP contribution in [-0.4, -0.2) is 25.2 Å². The lowest BCUT2D eigenvalue weighted by Gasteiger charge is -2.19. The van der Waals surface area contributed by atoms with Crippen LogP contribution >= 0.6 is 0 Å². The molecule has 0 saturated carbocycles. The van der Waals surface area contributed by atoms with Gasteiger partial charge < -0.3 is 4.74 Å². The quantitative estimate of drug-likeness (QED) is 0.887. The van der Waals surface area contributed by atoms with Crippen LogP contribution in [0.25, 0.3) is 0 Å². The molecule has 0 unspecified atom stereocenters. The van der Waals surface area contributed by atoms with Crippen molar-refractivity contribution in [3.05, 3.63) is 35.4 Å². The van der Waals surface area contributed by atoms with Crippen molar-refractivity contribution in [3.8, 4) is 0 Å². The number of amides is 2. The summed E-state index contributed by atoms with van der Waals surface area (Å²) in [5.41, 5.74) is 0.488. The maximum absolute atomic E-state index is 13.1. The van der Waals surface area contributed by atoms with Gasteiger partial charge in [0.05, 0.1) is 13.2 Å². The molecular weight excluding hydrogens is 270 g/mol. The van der Waals surface area contributed by atoms with Crippen LogP contribution in [0.5, 0.6) is 0 Å². The predicted molar refractivity (Wildman–Crippen MR) is 67.9 cm³/mol. The first kappa shape index (κ1) is 16.0. The molecule has 2 N–H and O–H groups in total. The first-order valence-electron chi connectivity index (χ1n) is 5.95. The number of hydrogen-bond donors (Lipinski definition) is 2. The minimum Gasteiger partial charge on any atom is -0.453 e. The summed E-state index contributed by atoms with van der Waals surface area (Å²) >= 11 is 0. The highest BCUT2D eigenvalue weighted by Gasteiger charge is 2.19. The highest BCUT2D eigenvalue weighted by atomic mass is 19.2. The van der Waals surface area contributed by atoms with Crippen molar-refractivity contribution in [1.82, 2.24) is 10.6 Å². The smallest absolute Gasteiger partial charge is 0.413 e. The Balaban J connectivity index is 2.64. The lowest BCUT2D eigenvalue weighted by atomic mass is 10.1. The summed E-state index contributed by atoms with van der Waals surface area (Å²) in [7, 11) is 1.14. The molecule has 0 spiro atoms. The number of rotatable bonds is 4. The largest absolute Gasteiger partial charge is 0.453 e. The maximum Gasteiger partial charge on any atom is 0.413 e. The average molecular weight is 286 g/mol. The van der Waals surface area contributed by atoms with Crippen LogP contribution in [0.1, 0.15) is 25.5 Å². The number of carbonyl (C=O) groups is 2. The molecule has 0 aliphatic heterocycles. The van der Waals surface area contributed by atoms with Gasteiger partial charge in [0.1, 0.15) is 0 Å². The summed E-state index contributed by atoms with van der Waals surface area (Å²) < 4.78 is 30.2. The zero-order valence-electron chi connectivity index (χ0n) is 11.4. The Hall–Kier alpha value is -2.02. The zero-order chi connectivity index (χ0) is 15.3. The van der Waals surface area contributed by atoms with Crippen LogP contribution in [0.15, 0.2) is 18.2 Å². The number of hydrogen-bond acceptors (Lipinski definition) is 4. The van der Waals surface area contributed by atoms with Crippen molar-refractivity contribution < 1.29 is 23.1 Å². The molecule has 0 radical (unpaired) electrons. The Morgan fingerprint density at radius 2 is 1.85 bits per heavy atom. The molecule has 1 aromatic rings. The lowest BCUT2D eigenvalue weighted by molar-refractivity contribution is -0.122. The van der Waals surface area contributed by atoms with Crippen LogP contribution in [0.2, 0.25) is 0 Å². The van der Waals surface area contributed by atoms with Gasteiger partial charge in [0.2, 0.25) is 5.91 Å². The topological polar surface area (TPSA) is 67.4 Å². The number of alkyl carbamates (subject to hydrolysis) is 1. The minimum atomic E-state index is -0.956. The van der Waals surface area contributed by atoms with E-state index >= 15 is 0 Å². The third-order valence-electron chi connectivity index (χ3n) is 2.75. The molecule has 0 aliphatic carbocycles. The third kappa shape index (κ3) is 4.27. The molecule has 1 aromatic carbocycles. The Bertz CT molecular complexity index is 508. The van der Waals surface area contributed by atoms with Crippen LogP contribution in [0.3, 0.4) is 0 Å². The SMILES string of the molecule is COC(=O)NC(=O)[C@H](C)N[C@@H](C)c1ccc(F)c(F)c1. The minimum absolute atomic E-state index is 0.400. The van der Waals surface area contributed by atoms with Crippen LogP contribution in [-0.2, 0) is 9.53 Å². The molecule has 0 fully saturated rings. The van der Waals surface area contributed by atoms with Crippen LogP contribution in [0.4, 0.5) is 13.6 Å². The number of methoxy groups -OCH3 is 1. The third-order valence-corrected chi connectivity index (χ3v) is 2.75. The second-order valence-corrected chi connectivity index (χ2v) is 4.26. The second-order valence-electron chi connectivity index (χ2n) is 4.26. The normalized spacial score (nSPS) is 13.4. The van der Waals surface area contributed by atoms with Gasteiger partial charge in [-0.3, -0.25) is 15.4 Å². The van der Waals surface area contributed by atoms with E-state index in [-0.39, 0.29) is 0 Å². The summed E-state index contributed by atoms with van der Waals surface area (Å²) in [6.07, 6.45) is -0.857. The van der Waals surface area contributed by atoms with E-state index in [0.29, 0.717) is 5.56 Å². The van der Waals surface area contributed by atoms with Crippen molar-refractivity contribution in [1.29, 1.82) is 0 Å². The molecule has 0 bridgehead atoms. The van der Waals surface area contributed by atoms with Crippen molar-refractivity contribution in [3.63, 3.8) is 0 Å². The second kappa shape index (κ2) is 6.95. The van der Waals surface area contributed by atoms with Gasteiger partial charge in [0, 0.05) is 6.04 Å². The molecular formula is C13H16F2N2O3. The van der Waals surface area contributed by atoms with E-state index in [4.69, 9.17) is 0 Å². The van der Waals surface area contributed by atoms with E-state index in [1.807, 2.05) is 5.32 Å². The zero-order valence-corrected chi connectivity index (χ0v) is 11.4. The monoisotopic (exact) mass is 286 g/mol. The molecule has 0 heterocycles. The van der Waals surface area contributed by atoms with E-state index in [1.54, 1.807) is 6.92 Å². The molecule has 0 aliphatic rings. The summed E-state index contributed by atoms with van der Waals surface area (Å²) in [4.78, 5) is 22.5. The van der Waals surface area contributed by atoms with Gasteiger partial charge in [0.15, 0.2) is 11.6 Å². The number of benzene rings is 1. The average Bonchev–Trinajstić information content (AvgIpc) is 2.41. The van der Waals surface area contributed by atoms with Gasteiger partial charge in [0.25, 0.3) is 0 Å². The van der Waals surface area contributed by atoms with Gasteiger partial charge in [-0.1, -0.05) is 6.07 Å². The predicted octanol–water partition coefficient (Wildman–Crippen LogP) is 1.89. The lowest BCUT2D eigenvalue weighted by Crippen LogP contribution is -2.45. The van der Waals surface area contributed by atoms with Crippen molar-refractivity contribution in [2.75, 3.05) is 7.11 Å². The fourth-order valence-corrected chi connectivity index (χ4v) is 1.59. The fraction of sp³-hybridized carbons (Fsp3) is 0.385. The maximum atomic E-state index is 13.1. The number of ether oxygens (including phenoxy) is 1. The van der Waals surface area contributed by atoms with Gasteiger partial charge in [-0.25, -0.2) is 13.6 Å². The van der Waals surface area contributed by atoms with E-state index in [1.165, 1.54) is 13.0 Å². The standard InChI is InChI=1S/C13H16F2N2O3/c1-7(9-4-5-10(14)11(15)6-9)16-8(2)12(18)17-13(19)20-3/h4-8,16H,1-3H3,(H,17,18,19)/t7-,8-/m0/s1. The van der Waals surface area contributed by atoms with Crippen LogP contribution < -0.4 is 10.6 Å². The summed E-state index contributed by atoms with van der Waals surface area (Å²) in [6.45, 7) is 3.23. The number of nitrogens with one attached hydrogen (secondary N) is 2. The summed E-state index contributed by atoms with van der Waals surface area (Å²) in [5.74, 6) is -2.47. The number of carbonyl (C=O) groups excluding carboxylic acids is 2. The van der Waals surface area contributed by atoms with Gasteiger partial charge >= 0.3 is 6.09 Å². The molecule has 1 rings (SSSR count). The molecule has 7 heteroatoms. The molecule has 5 nitrogen and oxygen atoms in total. The first-order chi connectivity index (χ1) is 9.35. The molecule has 110 valence electrons. The summed E-state index contributed by atoms with van der Waals surface area (Å²) in [6, 6.07) is 2.38. The van der Waals surface area contributed by atoms with Gasteiger partial charge in [-0.05, 0) is 31.5 Å². The number of halogens is 2. The molecule has 2 atom stereocenters. The molecule has 0 saturated heterocycles. The van der Waals surface area contributed by atoms with E-state index in [2.05, 4.69) is 10.1 Å². The van der Waals surface area contributed by atoms with E-state index in [9.17, 15) is 18.4 Å². The van der Waals surface area contributed by atoms with Gasteiger partial charge in [-0.2, -0.15) is 0 Å². The highest BCUT2D eigenvalue weighted by Crippen LogP contribution is 2.16. The molecule has 2 amide bonds. The summed E-state index contributed by atoms with van der Waals surface area (Å²) in [5, 5.41) is 4.87. The Kier molecular flexibility index (Phi) is 5.57. The Labute approximate surface area is 115 Å². The molecule has 20 heavy (non-hydrogen) atoms. The highest BCUT2D eigenvalue weighted by molar-refractivity contribution is 5.94. The van der Waals surface area contributed by atoms with E-state index in [0.717, 1.165) is 19.2 Å². The van der Waals surface area contributed by atoms with Crippen LogP contribution in [0, 0.1) is 11.6 Å². The Morgan fingerprint density at radius 1 is 1.20 bits per heavy atom. The van der Waals surface area contributed by atoms with Crippen molar-refractivity contribution in [2.24, 2.45) is 0 Å².